The summed E-state index contributed by atoms with van der Waals surface area (Å²) >= 11 is 0. The summed E-state index contributed by atoms with van der Waals surface area (Å²) in [5, 5.41) is 18.2. The zero-order chi connectivity index (χ0) is 20.9. The molecule has 0 aliphatic rings. The van der Waals surface area contributed by atoms with E-state index in [2.05, 4.69) is 25.9 Å². The van der Waals surface area contributed by atoms with Crippen LogP contribution in [0.4, 0.5) is 5.69 Å². The number of carbonyl (C=O) groups is 2. The van der Waals surface area contributed by atoms with E-state index in [4.69, 9.17) is 4.74 Å². The largest absolute Gasteiger partial charge is 0.461 e. The lowest BCUT2D eigenvalue weighted by Crippen LogP contribution is -2.15. The van der Waals surface area contributed by atoms with Gasteiger partial charge in [-0.2, -0.15) is 9.78 Å². The van der Waals surface area contributed by atoms with Crippen LogP contribution in [0.1, 0.15) is 27.8 Å². The van der Waals surface area contributed by atoms with E-state index in [9.17, 15) is 9.59 Å². The van der Waals surface area contributed by atoms with Gasteiger partial charge < -0.3 is 10.1 Å². The summed E-state index contributed by atoms with van der Waals surface area (Å²) in [5.41, 5.74) is 2.43. The van der Waals surface area contributed by atoms with E-state index >= 15 is 0 Å². The molecule has 10 nitrogen and oxygen atoms in total. The average Bonchev–Trinajstić information content (AvgIpc) is 3.47. The average molecular weight is 403 g/mol. The SMILES string of the molecule is CCOC(=O)c1ccn(-c2cccc(NC(=O)c3ccccc3-n3cnnn3)c2)n1. The zero-order valence-corrected chi connectivity index (χ0v) is 16.0. The molecule has 2 aromatic heterocycles. The van der Waals surface area contributed by atoms with Crippen molar-refractivity contribution in [3.63, 3.8) is 0 Å². The van der Waals surface area contributed by atoms with E-state index in [0.717, 1.165) is 0 Å². The fourth-order valence-corrected chi connectivity index (χ4v) is 2.84. The van der Waals surface area contributed by atoms with Gasteiger partial charge in [0.2, 0.25) is 0 Å². The Morgan fingerprint density at radius 3 is 2.73 bits per heavy atom. The van der Waals surface area contributed by atoms with Crippen molar-refractivity contribution in [2.24, 2.45) is 0 Å². The molecule has 0 aliphatic carbocycles. The van der Waals surface area contributed by atoms with Gasteiger partial charge in [-0.15, -0.1) is 5.10 Å². The molecule has 0 bridgehead atoms. The third kappa shape index (κ3) is 3.92. The second-order valence-corrected chi connectivity index (χ2v) is 6.14. The van der Waals surface area contributed by atoms with Crippen LogP contribution in [0.2, 0.25) is 0 Å². The highest BCUT2D eigenvalue weighted by Gasteiger charge is 2.15. The smallest absolute Gasteiger partial charge is 0.358 e. The molecular formula is C20H17N7O3. The molecule has 0 atom stereocenters. The molecule has 0 saturated heterocycles. The normalized spacial score (nSPS) is 10.6. The van der Waals surface area contributed by atoms with Crippen molar-refractivity contribution in [1.29, 1.82) is 0 Å². The van der Waals surface area contributed by atoms with Gasteiger partial charge in [0.05, 0.1) is 23.5 Å². The van der Waals surface area contributed by atoms with Crippen LogP contribution >= 0.6 is 0 Å². The number of nitrogens with one attached hydrogen (secondary N) is 1. The maximum atomic E-state index is 12.9. The van der Waals surface area contributed by atoms with Gasteiger partial charge in [0.25, 0.3) is 5.91 Å². The van der Waals surface area contributed by atoms with Crippen LogP contribution in [0.3, 0.4) is 0 Å². The maximum absolute atomic E-state index is 12.9. The summed E-state index contributed by atoms with van der Waals surface area (Å²) in [5.74, 6) is -0.800. The van der Waals surface area contributed by atoms with Crippen LogP contribution in [-0.2, 0) is 4.74 Å². The number of benzene rings is 2. The Morgan fingerprint density at radius 2 is 1.93 bits per heavy atom. The lowest BCUT2D eigenvalue weighted by Gasteiger charge is -2.10. The van der Waals surface area contributed by atoms with Gasteiger partial charge in [-0.3, -0.25) is 4.79 Å². The first kappa shape index (κ1) is 19.0. The van der Waals surface area contributed by atoms with E-state index < -0.39 is 5.97 Å². The summed E-state index contributed by atoms with van der Waals surface area (Å²) in [6.45, 7) is 2.01. The highest BCUT2D eigenvalue weighted by atomic mass is 16.5. The van der Waals surface area contributed by atoms with E-state index in [0.29, 0.717) is 22.6 Å². The summed E-state index contributed by atoms with van der Waals surface area (Å²) in [7, 11) is 0. The molecule has 0 saturated carbocycles. The molecule has 0 unspecified atom stereocenters. The number of esters is 1. The lowest BCUT2D eigenvalue weighted by molar-refractivity contribution is 0.0519. The van der Waals surface area contributed by atoms with Crippen LogP contribution in [0, 0.1) is 0 Å². The van der Waals surface area contributed by atoms with Crippen molar-refractivity contribution in [3.05, 3.63) is 78.4 Å². The summed E-state index contributed by atoms with van der Waals surface area (Å²) in [4.78, 5) is 24.7. The Balaban J connectivity index is 1.56. The molecule has 30 heavy (non-hydrogen) atoms. The Morgan fingerprint density at radius 1 is 1.07 bits per heavy atom. The van der Waals surface area contributed by atoms with Crippen molar-refractivity contribution in [2.75, 3.05) is 11.9 Å². The molecule has 4 aromatic rings. The molecule has 1 N–H and O–H groups in total. The molecule has 0 radical (unpaired) electrons. The molecule has 1 amide bonds. The molecule has 4 rings (SSSR count). The summed E-state index contributed by atoms with van der Waals surface area (Å²) in [6.07, 6.45) is 3.08. The maximum Gasteiger partial charge on any atom is 0.358 e. The van der Waals surface area contributed by atoms with Gasteiger partial charge in [-0.25, -0.2) is 9.48 Å². The van der Waals surface area contributed by atoms with Gasteiger partial charge in [0.15, 0.2) is 5.69 Å². The van der Waals surface area contributed by atoms with Gasteiger partial charge in [0.1, 0.15) is 6.33 Å². The number of para-hydroxylation sites is 1. The standard InChI is InChI=1S/C20H17N7O3/c1-2-30-20(29)17-10-11-26(23-17)15-7-5-6-14(12-15)22-19(28)16-8-3-4-9-18(16)27-13-21-24-25-27/h3-13H,2H2,1H3,(H,22,28). The minimum absolute atomic E-state index is 0.210. The van der Waals surface area contributed by atoms with Crippen LogP contribution in [0.5, 0.6) is 0 Å². The van der Waals surface area contributed by atoms with Crippen molar-refractivity contribution in [3.8, 4) is 11.4 Å². The number of hydrogen-bond donors (Lipinski definition) is 1. The van der Waals surface area contributed by atoms with E-state index in [-0.39, 0.29) is 18.2 Å². The van der Waals surface area contributed by atoms with Gasteiger partial charge in [0, 0.05) is 11.9 Å². The molecular weight excluding hydrogens is 386 g/mol. The number of amides is 1. The molecule has 0 fully saturated rings. The topological polar surface area (TPSA) is 117 Å². The monoisotopic (exact) mass is 403 g/mol. The van der Waals surface area contributed by atoms with Crippen LogP contribution in [-0.4, -0.2) is 48.5 Å². The molecule has 0 aliphatic heterocycles. The Hall–Kier alpha value is -4.34. The molecule has 0 spiro atoms. The number of anilines is 1. The Labute approximate surface area is 171 Å². The van der Waals surface area contributed by atoms with E-state index in [1.165, 1.54) is 15.7 Å². The van der Waals surface area contributed by atoms with Gasteiger partial charge in [-0.05, 0) is 53.7 Å². The van der Waals surface area contributed by atoms with Gasteiger partial charge in [-0.1, -0.05) is 18.2 Å². The summed E-state index contributed by atoms with van der Waals surface area (Å²) < 4.78 is 7.92. The predicted octanol–water partition coefficient (Wildman–Crippen LogP) is 2.28. The number of rotatable bonds is 6. The minimum atomic E-state index is -0.486. The second-order valence-electron chi connectivity index (χ2n) is 6.14. The lowest BCUT2D eigenvalue weighted by atomic mass is 10.1. The summed E-state index contributed by atoms with van der Waals surface area (Å²) in [6, 6.07) is 15.7. The zero-order valence-electron chi connectivity index (χ0n) is 16.0. The Bertz CT molecular complexity index is 1180. The Kier molecular flexibility index (Phi) is 5.29. The van der Waals surface area contributed by atoms with Crippen molar-refractivity contribution < 1.29 is 14.3 Å². The van der Waals surface area contributed by atoms with Crippen LogP contribution in [0.15, 0.2) is 67.1 Å². The first-order chi connectivity index (χ1) is 14.7. The fourth-order valence-electron chi connectivity index (χ4n) is 2.84. The van der Waals surface area contributed by atoms with Crippen LogP contribution < -0.4 is 5.32 Å². The minimum Gasteiger partial charge on any atom is -0.461 e. The first-order valence-electron chi connectivity index (χ1n) is 9.12. The molecule has 150 valence electrons. The third-order valence-corrected chi connectivity index (χ3v) is 4.19. The van der Waals surface area contributed by atoms with Crippen molar-refractivity contribution in [1.82, 2.24) is 30.0 Å². The second kappa shape index (κ2) is 8.35. The molecule has 2 heterocycles. The van der Waals surface area contributed by atoms with Crippen LogP contribution in [0.25, 0.3) is 11.4 Å². The van der Waals surface area contributed by atoms with Crippen molar-refractivity contribution in [2.45, 2.75) is 6.92 Å². The van der Waals surface area contributed by atoms with E-state index in [1.54, 1.807) is 61.7 Å². The van der Waals surface area contributed by atoms with Gasteiger partial charge >= 0.3 is 5.97 Å². The van der Waals surface area contributed by atoms with E-state index in [1.807, 2.05) is 6.07 Å². The third-order valence-electron chi connectivity index (χ3n) is 4.19. The number of tetrazole rings is 1. The highest BCUT2D eigenvalue weighted by molar-refractivity contribution is 6.06. The highest BCUT2D eigenvalue weighted by Crippen LogP contribution is 2.18. The number of aromatic nitrogens is 6. The quantitative estimate of drug-likeness (QED) is 0.491. The van der Waals surface area contributed by atoms with Crippen molar-refractivity contribution >= 4 is 17.6 Å². The number of hydrogen-bond acceptors (Lipinski definition) is 7. The first-order valence-corrected chi connectivity index (χ1v) is 9.12. The molecule has 10 heteroatoms. The number of carbonyl (C=O) groups excluding carboxylic acids is 2. The predicted molar refractivity (Wildman–Crippen MR) is 107 cm³/mol. The fraction of sp³-hybridized carbons (Fsp3) is 0.100. The number of ether oxygens (including phenoxy) is 1. The molecule has 2 aromatic carbocycles. The number of nitrogens with zero attached hydrogens (tertiary/aromatic N) is 6.